The molecule has 2 aromatic rings. The third kappa shape index (κ3) is 5.04. The highest BCUT2D eigenvalue weighted by molar-refractivity contribution is 7.89. The largest absolute Gasteiger partial charge is 0.352 e. The van der Waals surface area contributed by atoms with Crippen LogP contribution in [0.4, 0.5) is 0 Å². The summed E-state index contributed by atoms with van der Waals surface area (Å²) in [6.07, 6.45) is 0.915. The zero-order valence-electron chi connectivity index (χ0n) is 16.1. The lowest BCUT2D eigenvalue weighted by Gasteiger charge is -2.30. The lowest BCUT2D eigenvalue weighted by molar-refractivity contribution is -0.126. The molecule has 154 valence electrons. The molecule has 1 aliphatic heterocycles. The quantitative estimate of drug-likeness (QED) is 0.707. The Balaban J connectivity index is 1.57. The summed E-state index contributed by atoms with van der Waals surface area (Å²) >= 11 is 6.10. The molecular formula is C21H23ClN2O4S. The summed E-state index contributed by atoms with van der Waals surface area (Å²) in [5, 5.41) is 3.49. The summed E-state index contributed by atoms with van der Waals surface area (Å²) in [7, 11) is -3.64. The van der Waals surface area contributed by atoms with E-state index in [0.29, 0.717) is 30.0 Å². The molecule has 0 bridgehead atoms. The van der Waals surface area contributed by atoms with E-state index in [2.05, 4.69) is 5.32 Å². The van der Waals surface area contributed by atoms with Gasteiger partial charge in [-0.15, -0.1) is 0 Å². The topological polar surface area (TPSA) is 83.6 Å². The number of ketones is 1. The lowest BCUT2D eigenvalue weighted by Crippen LogP contribution is -2.42. The van der Waals surface area contributed by atoms with Crippen molar-refractivity contribution in [2.45, 2.75) is 31.2 Å². The smallest absolute Gasteiger partial charge is 0.243 e. The van der Waals surface area contributed by atoms with Gasteiger partial charge in [-0.25, -0.2) is 8.42 Å². The second-order valence-electron chi connectivity index (χ2n) is 7.07. The van der Waals surface area contributed by atoms with Gasteiger partial charge in [0.05, 0.1) is 4.90 Å². The Kier molecular flexibility index (Phi) is 6.72. The van der Waals surface area contributed by atoms with Crippen molar-refractivity contribution in [3.05, 3.63) is 64.7 Å². The Hall–Kier alpha value is -2.22. The third-order valence-electron chi connectivity index (χ3n) is 5.13. The highest BCUT2D eigenvalue weighted by atomic mass is 35.5. The predicted octanol–water partition coefficient (Wildman–Crippen LogP) is 3.26. The fourth-order valence-electron chi connectivity index (χ4n) is 3.34. The molecule has 0 aromatic heterocycles. The molecule has 29 heavy (non-hydrogen) atoms. The molecule has 1 amide bonds. The molecule has 3 rings (SSSR count). The molecule has 6 nitrogen and oxygen atoms in total. The van der Waals surface area contributed by atoms with Gasteiger partial charge < -0.3 is 5.32 Å². The Morgan fingerprint density at radius 1 is 1.07 bits per heavy atom. The molecule has 0 atom stereocenters. The molecule has 0 radical (unpaired) electrons. The third-order valence-corrected chi connectivity index (χ3v) is 7.42. The van der Waals surface area contributed by atoms with Crippen molar-refractivity contribution in [2.75, 3.05) is 13.1 Å². The average molecular weight is 435 g/mol. The number of rotatable bonds is 6. The van der Waals surface area contributed by atoms with Crippen molar-refractivity contribution in [3.8, 4) is 0 Å². The lowest BCUT2D eigenvalue weighted by atomic mass is 9.97. The van der Waals surface area contributed by atoms with Crippen molar-refractivity contribution in [2.24, 2.45) is 5.92 Å². The Labute approximate surface area is 175 Å². The second-order valence-corrected chi connectivity index (χ2v) is 9.41. The number of benzene rings is 2. The molecule has 1 saturated heterocycles. The van der Waals surface area contributed by atoms with E-state index >= 15 is 0 Å². The number of sulfonamides is 1. The number of Topliss-reactive ketones (excluding diaryl/α,β-unsaturated/α-hetero) is 1. The van der Waals surface area contributed by atoms with Crippen LogP contribution < -0.4 is 5.32 Å². The number of carbonyl (C=O) groups is 2. The van der Waals surface area contributed by atoms with Crippen molar-refractivity contribution in [3.63, 3.8) is 0 Å². The van der Waals surface area contributed by atoms with E-state index in [0.717, 1.165) is 5.56 Å². The number of hydrogen-bond acceptors (Lipinski definition) is 4. The summed E-state index contributed by atoms with van der Waals surface area (Å²) < 4.78 is 27.0. The second kappa shape index (κ2) is 9.07. The molecule has 1 aliphatic rings. The van der Waals surface area contributed by atoms with Crippen LogP contribution in [0.15, 0.2) is 53.4 Å². The van der Waals surface area contributed by atoms with E-state index in [4.69, 9.17) is 11.6 Å². The maximum absolute atomic E-state index is 12.8. The van der Waals surface area contributed by atoms with Crippen LogP contribution in [0.3, 0.4) is 0 Å². The molecule has 2 aromatic carbocycles. The maximum atomic E-state index is 12.8. The highest BCUT2D eigenvalue weighted by Crippen LogP contribution is 2.24. The number of halogens is 1. The van der Waals surface area contributed by atoms with Gasteiger partial charge in [0, 0.05) is 36.1 Å². The molecule has 8 heteroatoms. The van der Waals surface area contributed by atoms with E-state index in [1.54, 1.807) is 6.07 Å². The van der Waals surface area contributed by atoms with Gasteiger partial charge in [0.1, 0.15) is 0 Å². The highest BCUT2D eigenvalue weighted by Gasteiger charge is 2.32. The first-order chi connectivity index (χ1) is 13.8. The monoisotopic (exact) mass is 434 g/mol. The van der Waals surface area contributed by atoms with E-state index in [1.807, 2.05) is 18.2 Å². The van der Waals surface area contributed by atoms with Gasteiger partial charge in [0.25, 0.3) is 0 Å². The standard InChI is InChI=1S/C21H23ClN2O4S/c1-15(25)16-6-8-19(9-7-16)29(27,28)24-12-10-17(11-13-24)21(26)23-14-18-4-2-3-5-20(18)22/h2-9,17H,10-14H2,1H3,(H,23,26). The fourth-order valence-corrected chi connectivity index (χ4v) is 5.01. The van der Waals surface area contributed by atoms with Crippen LogP contribution >= 0.6 is 11.6 Å². The van der Waals surface area contributed by atoms with Crippen molar-refractivity contribution >= 4 is 33.3 Å². The number of hydrogen-bond donors (Lipinski definition) is 1. The van der Waals surface area contributed by atoms with E-state index in [9.17, 15) is 18.0 Å². The van der Waals surface area contributed by atoms with E-state index < -0.39 is 10.0 Å². The Bertz CT molecular complexity index is 998. The number of nitrogens with zero attached hydrogens (tertiary/aromatic N) is 1. The van der Waals surface area contributed by atoms with Crippen molar-refractivity contribution < 1.29 is 18.0 Å². The summed E-state index contributed by atoms with van der Waals surface area (Å²) in [6, 6.07) is 13.3. The zero-order chi connectivity index (χ0) is 21.0. The van der Waals surface area contributed by atoms with Gasteiger partial charge in [-0.05, 0) is 43.5 Å². The first-order valence-corrected chi connectivity index (χ1v) is 11.2. The molecule has 0 aliphatic carbocycles. The molecule has 1 heterocycles. The minimum atomic E-state index is -3.64. The molecule has 0 saturated carbocycles. The summed E-state index contributed by atoms with van der Waals surface area (Å²) in [6.45, 7) is 2.34. The Morgan fingerprint density at radius 3 is 2.28 bits per heavy atom. The molecule has 0 spiro atoms. The minimum absolute atomic E-state index is 0.0900. The first-order valence-electron chi connectivity index (χ1n) is 9.41. The number of carbonyl (C=O) groups excluding carboxylic acids is 2. The van der Waals surface area contributed by atoms with Gasteiger partial charge in [-0.2, -0.15) is 4.31 Å². The van der Waals surface area contributed by atoms with Crippen LogP contribution in [0.5, 0.6) is 0 Å². The van der Waals surface area contributed by atoms with Crippen LogP contribution in [0.1, 0.15) is 35.7 Å². The van der Waals surface area contributed by atoms with Crippen LogP contribution in [0.25, 0.3) is 0 Å². The molecule has 1 fully saturated rings. The zero-order valence-corrected chi connectivity index (χ0v) is 17.7. The van der Waals surface area contributed by atoms with Crippen LogP contribution in [-0.4, -0.2) is 37.5 Å². The average Bonchev–Trinajstić information content (AvgIpc) is 2.73. The van der Waals surface area contributed by atoms with E-state index in [1.165, 1.54) is 35.5 Å². The minimum Gasteiger partial charge on any atom is -0.352 e. The fraction of sp³-hybridized carbons (Fsp3) is 0.333. The normalized spacial score (nSPS) is 15.8. The van der Waals surface area contributed by atoms with Crippen molar-refractivity contribution in [1.82, 2.24) is 9.62 Å². The molecule has 1 N–H and O–H groups in total. The Morgan fingerprint density at radius 2 is 1.69 bits per heavy atom. The first kappa shape index (κ1) is 21.5. The van der Waals surface area contributed by atoms with Gasteiger partial charge in [-0.3, -0.25) is 9.59 Å². The van der Waals surface area contributed by atoms with Crippen LogP contribution in [0.2, 0.25) is 5.02 Å². The van der Waals surface area contributed by atoms with Crippen molar-refractivity contribution in [1.29, 1.82) is 0 Å². The van der Waals surface area contributed by atoms with Gasteiger partial charge >= 0.3 is 0 Å². The number of amides is 1. The SMILES string of the molecule is CC(=O)c1ccc(S(=O)(=O)N2CCC(C(=O)NCc3ccccc3Cl)CC2)cc1. The number of nitrogens with one attached hydrogen (secondary N) is 1. The summed E-state index contributed by atoms with van der Waals surface area (Å²) in [5.41, 5.74) is 1.31. The van der Waals surface area contributed by atoms with Gasteiger partial charge in [-0.1, -0.05) is 41.9 Å². The predicted molar refractivity (Wildman–Crippen MR) is 111 cm³/mol. The van der Waals surface area contributed by atoms with Gasteiger partial charge in [0.2, 0.25) is 15.9 Å². The molecular weight excluding hydrogens is 412 g/mol. The summed E-state index contributed by atoms with van der Waals surface area (Å²) in [5.74, 6) is -0.436. The molecule has 0 unspecified atom stereocenters. The maximum Gasteiger partial charge on any atom is 0.243 e. The van der Waals surface area contributed by atoms with Crippen LogP contribution in [-0.2, 0) is 21.4 Å². The van der Waals surface area contributed by atoms with Crippen LogP contribution in [0, 0.1) is 5.92 Å². The van der Waals surface area contributed by atoms with E-state index in [-0.39, 0.29) is 35.6 Å². The van der Waals surface area contributed by atoms with Gasteiger partial charge in [0.15, 0.2) is 5.78 Å². The number of piperidine rings is 1. The summed E-state index contributed by atoms with van der Waals surface area (Å²) in [4.78, 5) is 24.0.